The number of hydrogen-bond acceptors (Lipinski definition) is 3. The van der Waals surface area contributed by atoms with Gasteiger partial charge in [0.1, 0.15) is 5.82 Å². The number of halogens is 1. The van der Waals surface area contributed by atoms with Crippen molar-refractivity contribution in [1.82, 2.24) is 0 Å². The highest BCUT2D eigenvalue weighted by Crippen LogP contribution is 2.18. The smallest absolute Gasteiger partial charge is 0.157 e. The Balaban J connectivity index is 3.05. The molecule has 3 nitrogen and oxygen atoms in total. The van der Waals surface area contributed by atoms with Crippen molar-refractivity contribution >= 4 is 9.84 Å². The lowest BCUT2D eigenvalue weighted by Gasteiger charge is -2.16. The van der Waals surface area contributed by atoms with E-state index in [1.807, 2.05) is 19.9 Å². The van der Waals surface area contributed by atoms with E-state index >= 15 is 0 Å². The van der Waals surface area contributed by atoms with E-state index in [2.05, 4.69) is 0 Å². The molecular formula is C13H16FNO2S. The van der Waals surface area contributed by atoms with Crippen LogP contribution in [0.3, 0.4) is 0 Å². The Morgan fingerprint density at radius 1 is 1.28 bits per heavy atom. The highest BCUT2D eigenvalue weighted by Gasteiger charge is 2.24. The van der Waals surface area contributed by atoms with Crippen LogP contribution in [-0.4, -0.2) is 13.7 Å². The van der Waals surface area contributed by atoms with E-state index in [0.717, 1.165) is 12.1 Å². The summed E-state index contributed by atoms with van der Waals surface area (Å²) in [5.74, 6) is -0.825. The van der Waals surface area contributed by atoms with Crippen LogP contribution in [-0.2, 0) is 15.6 Å². The standard InChI is InChI=1S/C13H16FNO2S/c1-9(2)10(3)18(16,17)8-12-4-11(7-15)5-13(14)6-12/h4-6,9-10H,8H2,1-3H3. The molecular weight excluding hydrogens is 253 g/mol. The summed E-state index contributed by atoms with van der Waals surface area (Å²) in [4.78, 5) is 0. The van der Waals surface area contributed by atoms with Gasteiger partial charge in [0.15, 0.2) is 9.84 Å². The fourth-order valence-corrected chi connectivity index (χ4v) is 3.30. The average molecular weight is 269 g/mol. The number of sulfone groups is 1. The molecule has 1 atom stereocenters. The highest BCUT2D eigenvalue weighted by atomic mass is 32.2. The third kappa shape index (κ3) is 3.54. The Bertz CT molecular complexity index is 573. The third-order valence-electron chi connectivity index (χ3n) is 2.96. The largest absolute Gasteiger partial charge is 0.228 e. The molecule has 1 aromatic carbocycles. The van der Waals surface area contributed by atoms with Crippen LogP contribution in [0.4, 0.5) is 4.39 Å². The highest BCUT2D eigenvalue weighted by molar-refractivity contribution is 7.91. The van der Waals surface area contributed by atoms with Crippen LogP contribution in [0.5, 0.6) is 0 Å². The molecule has 0 aliphatic carbocycles. The average Bonchev–Trinajstić information content (AvgIpc) is 2.26. The lowest BCUT2D eigenvalue weighted by atomic mass is 10.1. The predicted molar refractivity (Wildman–Crippen MR) is 68.0 cm³/mol. The van der Waals surface area contributed by atoms with E-state index in [0.29, 0.717) is 5.56 Å². The number of rotatable bonds is 4. The molecule has 0 bridgehead atoms. The minimum absolute atomic E-state index is 0.000929. The summed E-state index contributed by atoms with van der Waals surface area (Å²) in [7, 11) is -3.33. The quantitative estimate of drug-likeness (QED) is 0.844. The monoisotopic (exact) mass is 269 g/mol. The van der Waals surface area contributed by atoms with Crippen molar-refractivity contribution in [3.63, 3.8) is 0 Å². The summed E-state index contributed by atoms with van der Waals surface area (Å²) in [6.07, 6.45) is 0. The summed E-state index contributed by atoms with van der Waals surface area (Å²) < 4.78 is 37.3. The molecule has 0 N–H and O–H groups in total. The Morgan fingerprint density at radius 3 is 2.39 bits per heavy atom. The van der Waals surface area contributed by atoms with Gasteiger partial charge in [-0.25, -0.2) is 12.8 Å². The molecule has 1 aromatic rings. The maximum absolute atomic E-state index is 13.2. The minimum Gasteiger partial charge on any atom is -0.228 e. The topological polar surface area (TPSA) is 57.9 Å². The molecule has 0 radical (unpaired) electrons. The second kappa shape index (κ2) is 5.49. The number of hydrogen-bond donors (Lipinski definition) is 0. The van der Waals surface area contributed by atoms with Crippen LogP contribution in [0.25, 0.3) is 0 Å². The Morgan fingerprint density at radius 2 is 1.89 bits per heavy atom. The molecule has 0 spiro atoms. The van der Waals surface area contributed by atoms with E-state index in [1.165, 1.54) is 6.07 Å². The lowest BCUT2D eigenvalue weighted by Crippen LogP contribution is -2.24. The van der Waals surface area contributed by atoms with Crippen LogP contribution < -0.4 is 0 Å². The van der Waals surface area contributed by atoms with Gasteiger partial charge in [0.2, 0.25) is 0 Å². The molecule has 5 heteroatoms. The number of nitrogens with zero attached hydrogens (tertiary/aromatic N) is 1. The van der Waals surface area contributed by atoms with E-state index in [9.17, 15) is 12.8 Å². The molecule has 98 valence electrons. The molecule has 18 heavy (non-hydrogen) atoms. The summed E-state index contributed by atoms with van der Waals surface area (Å²) in [5.41, 5.74) is 0.455. The predicted octanol–water partition coefficient (Wildman–Crippen LogP) is 2.66. The molecule has 0 aromatic heterocycles. The van der Waals surface area contributed by atoms with Gasteiger partial charge in [-0.15, -0.1) is 0 Å². The van der Waals surface area contributed by atoms with Crippen molar-refractivity contribution in [2.24, 2.45) is 5.92 Å². The second-order valence-corrected chi connectivity index (χ2v) is 7.07. The molecule has 0 heterocycles. The zero-order valence-electron chi connectivity index (χ0n) is 10.6. The SMILES string of the molecule is CC(C)C(C)S(=O)(=O)Cc1cc(F)cc(C#N)c1. The van der Waals surface area contributed by atoms with Gasteiger partial charge in [0.25, 0.3) is 0 Å². The fraction of sp³-hybridized carbons (Fsp3) is 0.462. The maximum Gasteiger partial charge on any atom is 0.157 e. The van der Waals surface area contributed by atoms with Gasteiger partial charge in [-0.05, 0) is 36.6 Å². The first-order valence-corrected chi connectivity index (χ1v) is 7.39. The first-order valence-electron chi connectivity index (χ1n) is 5.67. The van der Waals surface area contributed by atoms with Crippen molar-refractivity contribution in [3.8, 4) is 6.07 Å². The van der Waals surface area contributed by atoms with Crippen molar-refractivity contribution in [3.05, 3.63) is 35.1 Å². The van der Waals surface area contributed by atoms with Crippen LogP contribution >= 0.6 is 0 Å². The zero-order chi connectivity index (χ0) is 13.9. The van der Waals surface area contributed by atoms with E-state index in [4.69, 9.17) is 5.26 Å². The van der Waals surface area contributed by atoms with Crippen LogP contribution in [0.2, 0.25) is 0 Å². The number of benzene rings is 1. The molecule has 0 aliphatic rings. The van der Waals surface area contributed by atoms with Gasteiger partial charge < -0.3 is 0 Å². The first-order chi connectivity index (χ1) is 8.26. The molecule has 0 amide bonds. The van der Waals surface area contributed by atoms with Crippen LogP contribution in [0.15, 0.2) is 18.2 Å². The van der Waals surface area contributed by atoms with Gasteiger partial charge in [-0.2, -0.15) is 5.26 Å². The molecule has 0 saturated carbocycles. The summed E-state index contributed by atoms with van der Waals surface area (Å²) >= 11 is 0. The Hall–Kier alpha value is -1.41. The third-order valence-corrected chi connectivity index (χ3v) is 5.37. The molecule has 0 saturated heterocycles. The first kappa shape index (κ1) is 14.7. The van der Waals surface area contributed by atoms with Crippen molar-refractivity contribution in [1.29, 1.82) is 5.26 Å². The molecule has 0 aliphatic heterocycles. The van der Waals surface area contributed by atoms with Crippen molar-refractivity contribution in [2.45, 2.75) is 31.8 Å². The van der Waals surface area contributed by atoms with Crippen LogP contribution in [0, 0.1) is 23.1 Å². The van der Waals surface area contributed by atoms with Crippen molar-refractivity contribution in [2.75, 3.05) is 0 Å². The fourth-order valence-electron chi connectivity index (χ4n) is 1.58. The van der Waals surface area contributed by atoms with Crippen LogP contribution in [0.1, 0.15) is 31.9 Å². The maximum atomic E-state index is 13.2. The second-order valence-electron chi connectivity index (χ2n) is 4.72. The molecule has 1 unspecified atom stereocenters. The van der Waals surface area contributed by atoms with Gasteiger partial charge in [-0.1, -0.05) is 13.8 Å². The van der Waals surface area contributed by atoms with Gasteiger partial charge in [-0.3, -0.25) is 0 Å². The van der Waals surface area contributed by atoms with Gasteiger partial charge in [0, 0.05) is 0 Å². The Kier molecular flexibility index (Phi) is 4.47. The van der Waals surface area contributed by atoms with E-state index < -0.39 is 20.9 Å². The van der Waals surface area contributed by atoms with E-state index in [1.54, 1.807) is 6.92 Å². The Labute approximate surface area is 107 Å². The van der Waals surface area contributed by atoms with Gasteiger partial charge >= 0.3 is 0 Å². The molecule has 1 rings (SSSR count). The normalized spacial score (nSPS) is 13.3. The number of nitriles is 1. The summed E-state index contributed by atoms with van der Waals surface area (Å²) in [6.45, 7) is 5.30. The van der Waals surface area contributed by atoms with Crippen molar-refractivity contribution < 1.29 is 12.8 Å². The van der Waals surface area contributed by atoms with E-state index in [-0.39, 0.29) is 17.2 Å². The summed E-state index contributed by atoms with van der Waals surface area (Å²) in [5, 5.41) is 8.22. The zero-order valence-corrected chi connectivity index (χ0v) is 11.5. The minimum atomic E-state index is -3.33. The molecule has 0 fully saturated rings. The summed E-state index contributed by atoms with van der Waals surface area (Å²) in [6, 6.07) is 5.46. The van der Waals surface area contributed by atoms with Gasteiger partial charge in [0.05, 0.1) is 22.6 Å². The lowest BCUT2D eigenvalue weighted by molar-refractivity contribution is 0.545.